The Morgan fingerprint density at radius 1 is 1.55 bits per heavy atom. The second-order valence-corrected chi connectivity index (χ2v) is 1.81. The summed E-state index contributed by atoms with van der Waals surface area (Å²) in [6, 6.07) is 7.92. The van der Waals surface area contributed by atoms with Gasteiger partial charge in [-0.05, 0) is 0 Å². The van der Waals surface area contributed by atoms with E-state index in [4.69, 9.17) is 10.6 Å². The first kappa shape index (κ1) is 10.4. The number of hydrogen-bond donors (Lipinski definition) is 2. The third kappa shape index (κ3) is 3.35. The molecule has 1 rings (SSSR count). The molecule has 0 atom stereocenters. The summed E-state index contributed by atoms with van der Waals surface area (Å²) in [5.74, 6) is 0.669. The summed E-state index contributed by atoms with van der Waals surface area (Å²) in [6.07, 6.45) is 0. The number of benzene rings is 1. The molecule has 0 aliphatic heterocycles. The van der Waals surface area contributed by atoms with Crippen LogP contribution < -0.4 is 16.1 Å². The Morgan fingerprint density at radius 2 is 2.27 bits per heavy atom. The van der Waals surface area contributed by atoms with E-state index in [-0.39, 0.29) is 19.5 Å². The largest absolute Gasteiger partial charge is 0.470 e. The fourth-order valence-corrected chi connectivity index (χ4v) is 0.644. The smallest absolute Gasteiger partial charge is 0.0365 e. The average Bonchev–Trinajstić information content (AvgIpc) is 1.88. The molecular formula is C7H9N2OZn-. The van der Waals surface area contributed by atoms with Gasteiger partial charge in [0.25, 0.3) is 0 Å². The number of nitrogens with one attached hydrogen (secondary N) is 1. The third-order valence-corrected chi connectivity index (χ3v) is 1.00. The molecule has 0 saturated carbocycles. The van der Waals surface area contributed by atoms with Crippen molar-refractivity contribution in [2.45, 2.75) is 0 Å². The second-order valence-electron chi connectivity index (χ2n) is 1.81. The summed E-state index contributed by atoms with van der Waals surface area (Å²) in [7, 11) is 1.68. The predicted molar refractivity (Wildman–Crippen MR) is 39.4 cm³/mol. The van der Waals surface area contributed by atoms with Gasteiger partial charge in [0.15, 0.2) is 0 Å². The van der Waals surface area contributed by atoms with Crippen LogP contribution in [0.3, 0.4) is 0 Å². The number of hydrogen-bond acceptors (Lipinski definition) is 3. The number of rotatable bonds is 2. The Balaban J connectivity index is 0.000001000. The van der Waals surface area contributed by atoms with Crippen LogP contribution in [0.25, 0.3) is 0 Å². The topological polar surface area (TPSA) is 47.3 Å². The molecule has 1 aromatic rings. The molecule has 0 radical (unpaired) electrons. The summed E-state index contributed by atoms with van der Waals surface area (Å²) < 4.78 is 0. The van der Waals surface area contributed by atoms with E-state index in [9.17, 15) is 0 Å². The first-order chi connectivity index (χ1) is 4.83. The van der Waals surface area contributed by atoms with Crippen molar-refractivity contribution in [3.05, 3.63) is 24.3 Å². The Hall–Kier alpha value is -0.597. The summed E-state index contributed by atoms with van der Waals surface area (Å²) in [6.45, 7) is 0. The quantitative estimate of drug-likeness (QED) is 0.319. The van der Waals surface area contributed by atoms with E-state index in [1.807, 2.05) is 0 Å². The van der Waals surface area contributed by atoms with Crippen LogP contribution in [0, 0.1) is 6.07 Å². The van der Waals surface area contributed by atoms with Gasteiger partial charge in [-0.25, -0.2) is 0 Å². The molecular weight excluding hydrogens is 193 g/mol. The van der Waals surface area contributed by atoms with E-state index in [0.717, 1.165) is 0 Å². The van der Waals surface area contributed by atoms with Gasteiger partial charge in [0.05, 0.1) is 0 Å². The van der Waals surface area contributed by atoms with Crippen LogP contribution in [0.2, 0.25) is 0 Å². The van der Waals surface area contributed by atoms with Crippen LogP contribution in [0.4, 0.5) is 5.69 Å². The molecule has 11 heavy (non-hydrogen) atoms. The van der Waals surface area contributed by atoms with Crippen molar-refractivity contribution >= 4 is 5.69 Å². The van der Waals surface area contributed by atoms with Crippen molar-refractivity contribution in [1.29, 1.82) is 0 Å². The maximum atomic E-state index is 5.45. The Bertz CT molecular complexity index is 217. The van der Waals surface area contributed by atoms with Crippen LogP contribution >= 0.6 is 0 Å². The van der Waals surface area contributed by atoms with E-state index in [2.05, 4.69) is 11.5 Å². The van der Waals surface area contributed by atoms with E-state index in [1.165, 1.54) is 0 Å². The fraction of sp³-hybridized carbons (Fsp3) is 0.143. The molecule has 0 amide bonds. The number of nitrogen functional groups attached to an aromatic ring is 1. The number of hydroxylamine groups is 1. The molecule has 1 aromatic carbocycles. The molecule has 0 bridgehead atoms. The summed E-state index contributed by atoms with van der Waals surface area (Å²) in [4.78, 5) is 4.93. The zero-order valence-electron chi connectivity index (χ0n) is 6.42. The molecule has 0 saturated heterocycles. The maximum absolute atomic E-state index is 5.45. The van der Waals surface area contributed by atoms with Crippen molar-refractivity contribution in [1.82, 2.24) is 5.48 Å². The third-order valence-electron chi connectivity index (χ3n) is 1.00. The van der Waals surface area contributed by atoms with Crippen LogP contribution in [0.5, 0.6) is 5.75 Å². The molecule has 0 spiro atoms. The molecule has 0 fully saturated rings. The van der Waals surface area contributed by atoms with E-state index < -0.39 is 0 Å². The van der Waals surface area contributed by atoms with Crippen LogP contribution in [-0.2, 0) is 19.5 Å². The Morgan fingerprint density at radius 3 is 2.82 bits per heavy atom. The summed E-state index contributed by atoms with van der Waals surface area (Å²) in [5.41, 5.74) is 8.63. The van der Waals surface area contributed by atoms with Crippen molar-refractivity contribution in [2.24, 2.45) is 0 Å². The molecule has 3 nitrogen and oxygen atoms in total. The van der Waals surface area contributed by atoms with Crippen LogP contribution in [0.15, 0.2) is 18.2 Å². The van der Waals surface area contributed by atoms with Gasteiger partial charge in [-0.15, -0.1) is 12.1 Å². The standard InChI is InChI=1S/C7H9N2O.Zn/c1-9-10-7-4-2-3-6(8)5-7;/h3-5,9H,8H2,1H3;/q-1;. The Kier molecular flexibility index (Phi) is 4.83. The van der Waals surface area contributed by atoms with Crippen LogP contribution in [-0.4, -0.2) is 7.05 Å². The molecule has 0 aromatic heterocycles. The van der Waals surface area contributed by atoms with Crippen molar-refractivity contribution in [3.8, 4) is 5.75 Å². The molecule has 3 N–H and O–H groups in total. The van der Waals surface area contributed by atoms with Gasteiger partial charge >= 0.3 is 0 Å². The minimum absolute atomic E-state index is 0. The minimum Gasteiger partial charge on any atom is -0.470 e. The van der Waals surface area contributed by atoms with E-state index in [1.54, 1.807) is 25.2 Å². The molecule has 0 heterocycles. The predicted octanol–water partition coefficient (Wildman–Crippen LogP) is 0.580. The second kappa shape index (κ2) is 5.11. The van der Waals surface area contributed by atoms with Crippen molar-refractivity contribution < 1.29 is 24.3 Å². The molecule has 56 valence electrons. The van der Waals surface area contributed by atoms with Crippen molar-refractivity contribution in [3.63, 3.8) is 0 Å². The van der Waals surface area contributed by atoms with Crippen LogP contribution in [0.1, 0.15) is 0 Å². The first-order valence-corrected chi connectivity index (χ1v) is 2.93. The van der Waals surface area contributed by atoms with Gasteiger partial charge in [-0.2, -0.15) is 17.6 Å². The van der Waals surface area contributed by atoms with Crippen molar-refractivity contribution in [2.75, 3.05) is 12.8 Å². The monoisotopic (exact) mass is 201 g/mol. The van der Waals surface area contributed by atoms with Gasteiger partial charge in [-0.1, -0.05) is 5.69 Å². The van der Waals surface area contributed by atoms with Gasteiger partial charge < -0.3 is 10.6 Å². The molecule has 4 heteroatoms. The fourth-order valence-electron chi connectivity index (χ4n) is 0.644. The zero-order valence-corrected chi connectivity index (χ0v) is 9.39. The summed E-state index contributed by atoms with van der Waals surface area (Å²) >= 11 is 0. The van der Waals surface area contributed by atoms with Gasteiger partial charge in [0, 0.05) is 32.3 Å². The maximum Gasteiger partial charge on any atom is 0.0365 e. The average molecular weight is 203 g/mol. The van der Waals surface area contributed by atoms with E-state index >= 15 is 0 Å². The minimum atomic E-state index is 0. The first-order valence-electron chi connectivity index (χ1n) is 2.93. The Labute approximate surface area is 78.6 Å². The van der Waals surface area contributed by atoms with Gasteiger partial charge in [0.2, 0.25) is 0 Å². The molecule has 0 aliphatic carbocycles. The molecule has 0 unspecified atom stereocenters. The normalized spacial score (nSPS) is 8.45. The zero-order chi connectivity index (χ0) is 7.40. The SMILES string of the molecule is CNOc1c[c-]cc(N)c1.[Zn]. The van der Waals surface area contributed by atoms with E-state index in [0.29, 0.717) is 11.4 Å². The molecule has 0 aliphatic rings. The number of nitrogens with two attached hydrogens (primary N) is 1. The number of anilines is 1. The van der Waals surface area contributed by atoms with Gasteiger partial charge in [0.1, 0.15) is 0 Å². The summed E-state index contributed by atoms with van der Waals surface area (Å²) in [5, 5.41) is 0. The van der Waals surface area contributed by atoms with Gasteiger partial charge in [-0.3, -0.25) is 0 Å².